The lowest BCUT2D eigenvalue weighted by Crippen LogP contribution is -2.48. The summed E-state index contributed by atoms with van der Waals surface area (Å²) >= 11 is 0. The molecule has 1 aliphatic rings. The first kappa shape index (κ1) is 14.8. The van der Waals surface area contributed by atoms with Gasteiger partial charge in [-0.15, -0.1) is 0 Å². The van der Waals surface area contributed by atoms with Gasteiger partial charge in [0.25, 0.3) is 0 Å². The Morgan fingerprint density at radius 3 is 2.61 bits per heavy atom. The number of ether oxygens (including phenoxy) is 1. The number of nitrogens with one attached hydrogen (secondary N) is 1. The van der Waals surface area contributed by atoms with Gasteiger partial charge < -0.3 is 20.1 Å². The predicted octanol–water partition coefficient (Wildman–Crippen LogP) is 0.916. The van der Waals surface area contributed by atoms with Crippen LogP contribution in [0.25, 0.3) is 0 Å². The van der Waals surface area contributed by atoms with Crippen LogP contribution in [0.4, 0.5) is 4.79 Å². The summed E-state index contributed by atoms with van der Waals surface area (Å²) in [6.07, 6.45) is 1.29. The van der Waals surface area contributed by atoms with Gasteiger partial charge >= 0.3 is 12.0 Å². The lowest BCUT2D eigenvalue weighted by atomic mass is 10.0. The minimum absolute atomic E-state index is 0.0594. The molecular weight excluding hydrogens is 236 g/mol. The van der Waals surface area contributed by atoms with Crippen LogP contribution < -0.4 is 5.32 Å². The number of urea groups is 1. The first-order valence-corrected chi connectivity index (χ1v) is 6.25. The fourth-order valence-electron chi connectivity index (χ4n) is 2.04. The van der Waals surface area contributed by atoms with E-state index in [-0.39, 0.29) is 18.1 Å². The molecule has 2 unspecified atom stereocenters. The highest BCUT2D eigenvalue weighted by molar-refractivity contribution is 5.82. The smallest absolute Gasteiger partial charge is 0.326 e. The number of nitrogens with zero attached hydrogens (tertiary/aromatic N) is 1. The largest absolute Gasteiger partial charge is 0.480 e. The Morgan fingerprint density at radius 1 is 1.50 bits per heavy atom. The summed E-state index contributed by atoms with van der Waals surface area (Å²) in [7, 11) is 1.62. The molecule has 2 amide bonds. The summed E-state index contributed by atoms with van der Waals surface area (Å²) in [5.41, 5.74) is 0. The van der Waals surface area contributed by atoms with Crippen molar-refractivity contribution in [2.75, 3.05) is 20.2 Å². The standard InChI is InChI=1S/C12H22N2O4/c1-8(2)6-10(11(15)16)13-12(17)14-5-4-9(7-14)18-3/h8-10H,4-7H2,1-3H3,(H,13,17)(H,15,16). The van der Waals surface area contributed by atoms with Crippen LogP contribution in [0.3, 0.4) is 0 Å². The maximum absolute atomic E-state index is 11.9. The third-order valence-electron chi connectivity index (χ3n) is 3.07. The molecule has 0 aromatic carbocycles. The van der Waals surface area contributed by atoms with E-state index >= 15 is 0 Å². The third-order valence-corrected chi connectivity index (χ3v) is 3.07. The number of amides is 2. The number of hydrogen-bond acceptors (Lipinski definition) is 3. The van der Waals surface area contributed by atoms with E-state index in [9.17, 15) is 9.59 Å². The fourth-order valence-corrected chi connectivity index (χ4v) is 2.04. The highest BCUT2D eigenvalue weighted by atomic mass is 16.5. The number of carbonyl (C=O) groups excluding carboxylic acids is 1. The van der Waals surface area contributed by atoms with Crippen LogP contribution in [0.5, 0.6) is 0 Å². The third kappa shape index (κ3) is 4.18. The van der Waals surface area contributed by atoms with Crippen molar-refractivity contribution in [1.82, 2.24) is 10.2 Å². The molecule has 0 aromatic rings. The minimum atomic E-state index is -0.987. The number of aliphatic carboxylic acids is 1. The molecule has 1 heterocycles. The molecule has 18 heavy (non-hydrogen) atoms. The maximum Gasteiger partial charge on any atom is 0.326 e. The second-order valence-electron chi connectivity index (χ2n) is 5.06. The molecule has 0 saturated carbocycles. The van der Waals surface area contributed by atoms with Crippen molar-refractivity contribution in [3.8, 4) is 0 Å². The summed E-state index contributed by atoms with van der Waals surface area (Å²) in [6.45, 7) is 4.99. The van der Waals surface area contributed by atoms with Gasteiger partial charge in [-0.25, -0.2) is 9.59 Å². The van der Waals surface area contributed by atoms with Crippen molar-refractivity contribution >= 4 is 12.0 Å². The second-order valence-corrected chi connectivity index (χ2v) is 5.06. The maximum atomic E-state index is 11.9. The van der Waals surface area contributed by atoms with Crippen LogP contribution in [0.15, 0.2) is 0 Å². The Kier molecular flexibility index (Phi) is 5.40. The molecular formula is C12H22N2O4. The van der Waals surface area contributed by atoms with E-state index in [2.05, 4.69) is 5.32 Å². The van der Waals surface area contributed by atoms with Gasteiger partial charge in [-0.05, 0) is 18.8 Å². The molecule has 1 aliphatic heterocycles. The summed E-state index contributed by atoms with van der Waals surface area (Å²) in [5.74, 6) is -0.767. The molecule has 0 aromatic heterocycles. The van der Waals surface area contributed by atoms with Gasteiger partial charge in [0.05, 0.1) is 6.10 Å². The van der Waals surface area contributed by atoms with Gasteiger partial charge in [0.15, 0.2) is 0 Å². The lowest BCUT2D eigenvalue weighted by Gasteiger charge is -2.21. The predicted molar refractivity (Wildman–Crippen MR) is 66.4 cm³/mol. The van der Waals surface area contributed by atoms with Crippen LogP contribution in [0, 0.1) is 5.92 Å². The summed E-state index contributed by atoms with van der Waals surface area (Å²) < 4.78 is 5.17. The fraction of sp³-hybridized carbons (Fsp3) is 0.833. The number of hydrogen-bond donors (Lipinski definition) is 2. The van der Waals surface area contributed by atoms with Crippen LogP contribution in [-0.4, -0.2) is 54.4 Å². The van der Waals surface area contributed by atoms with E-state index in [1.807, 2.05) is 13.8 Å². The highest BCUT2D eigenvalue weighted by Gasteiger charge is 2.29. The number of methoxy groups -OCH3 is 1. The second kappa shape index (κ2) is 6.58. The molecule has 6 nitrogen and oxygen atoms in total. The molecule has 2 N–H and O–H groups in total. The van der Waals surface area contributed by atoms with Crippen LogP contribution in [0.1, 0.15) is 26.7 Å². The molecule has 0 spiro atoms. The van der Waals surface area contributed by atoms with Crippen molar-refractivity contribution in [1.29, 1.82) is 0 Å². The van der Waals surface area contributed by atoms with Gasteiger partial charge in [-0.2, -0.15) is 0 Å². The molecule has 2 atom stereocenters. The number of carboxylic acids is 1. The zero-order valence-electron chi connectivity index (χ0n) is 11.2. The van der Waals surface area contributed by atoms with Gasteiger partial charge in [0, 0.05) is 20.2 Å². The van der Waals surface area contributed by atoms with Gasteiger partial charge in [-0.1, -0.05) is 13.8 Å². The van der Waals surface area contributed by atoms with Crippen molar-refractivity contribution in [3.05, 3.63) is 0 Å². The molecule has 1 saturated heterocycles. The molecule has 6 heteroatoms. The molecule has 104 valence electrons. The quantitative estimate of drug-likeness (QED) is 0.768. The first-order chi connectivity index (χ1) is 8.43. The van der Waals surface area contributed by atoms with Crippen molar-refractivity contribution in [2.45, 2.75) is 38.8 Å². The zero-order valence-corrected chi connectivity index (χ0v) is 11.2. The van der Waals surface area contributed by atoms with Gasteiger partial charge in [-0.3, -0.25) is 0 Å². The van der Waals surface area contributed by atoms with E-state index in [0.29, 0.717) is 19.5 Å². The highest BCUT2D eigenvalue weighted by Crippen LogP contribution is 2.12. The number of rotatable bonds is 5. The Bertz CT molecular complexity index is 306. The first-order valence-electron chi connectivity index (χ1n) is 6.25. The van der Waals surface area contributed by atoms with Gasteiger partial charge in [0.1, 0.15) is 6.04 Å². The van der Waals surface area contributed by atoms with Crippen molar-refractivity contribution in [2.24, 2.45) is 5.92 Å². The normalized spacial score (nSPS) is 21.1. The minimum Gasteiger partial charge on any atom is -0.480 e. The van der Waals surface area contributed by atoms with Crippen molar-refractivity contribution in [3.63, 3.8) is 0 Å². The Morgan fingerprint density at radius 2 is 2.17 bits per heavy atom. The monoisotopic (exact) mass is 258 g/mol. The average molecular weight is 258 g/mol. The molecule has 0 radical (unpaired) electrons. The molecule has 1 fully saturated rings. The molecule has 1 rings (SSSR count). The molecule has 0 aliphatic carbocycles. The zero-order chi connectivity index (χ0) is 13.7. The van der Waals surface area contributed by atoms with E-state index in [4.69, 9.17) is 9.84 Å². The summed E-state index contributed by atoms with van der Waals surface area (Å²) in [5, 5.41) is 11.6. The van der Waals surface area contributed by atoms with E-state index < -0.39 is 12.0 Å². The SMILES string of the molecule is COC1CCN(C(=O)NC(CC(C)C)C(=O)O)C1. The molecule has 0 bridgehead atoms. The van der Waals surface area contributed by atoms with Gasteiger partial charge in [0.2, 0.25) is 0 Å². The van der Waals surface area contributed by atoms with Crippen molar-refractivity contribution < 1.29 is 19.4 Å². The topological polar surface area (TPSA) is 78.9 Å². The number of likely N-dealkylation sites (tertiary alicyclic amines) is 1. The number of carbonyl (C=O) groups is 2. The Balaban J connectivity index is 2.49. The Hall–Kier alpha value is -1.30. The van der Waals surface area contributed by atoms with Crippen LogP contribution in [-0.2, 0) is 9.53 Å². The summed E-state index contributed by atoms with van der Waals surface area (Å²) in [4.78, 5) is 24.5. The number of carboxylic acid groups (broad SMARTS) is 1. The lowest BCUT2D eigenvalue weighted by molar-refractivity contribution is -0.139. The summed E-state index contributed by atoms with van der Waals surface area (Å²) in [6, 6.07) is -1.14. The van der Waals surface area contributed by atoms with Crippen LogP contribution >= 0.6 is 0 Å². The van der Waals surface area contributed by atoms with Crippen LogP contribution in [0.2, 0.25) is 0 Å². The van der Waals surface area contributed by atoms with E-state index in [1.165, 1.54) is 0 Å². The van der Waals surface area contributed by atoms with E-state index in [1.54, 1.807) is 12.0 Å². The average Bonchev–Trinajstić information content (AvgIpc) is 2.75. The Labute approximate surface area is 107 Å². The van der Waals surface area contributed by atoms with E-state index in [0.717, 1.165) is 6.42 Å².